The number of aliphatic carboxylic acids is 1. The standard InChI is InChI=1S/C71H112O12/c1-4-7-10-13-16-19-22-25-28-30-32-34-37-39-42-45-48-51-54-57-63(72)79-60-62(81-64(73)58-55-52-49-46-43-40-36-27-24-21-18-15-12-9-6-3)61-80-71-69(67(76)66(75)68(83-71)70(77)78)82-65(74)59-56-53-50-47-44-41-38-35-33-31-29-26-23-20-17-14-11-8-5-2/h7,9-10,12,16,18-19,21,25-29,32,34,36,39,42-43,46,48,51,62,66-69,71,75-76H,4-6,8,11,13-15,17,20,22-24,30-31,33,35,37-38,40-41,44-45,47,49-50,52-61H2,1-3H3,(H,77,78)/b10-7-,12-9-,19-16-,21-18-,28-25-,29-26-,34-32-,36-27-,42-39-,46-43-,51-48-. The molecule has 83 heavy (non-hydrogen) atoms. The number of aliphatic hydroxyl groups excluding tert-OH is 2. The molecule has 1 rings (SSSR count). The highest BCUT2D eigenvalue weighted by molar-refractivity contribution is 5.74. The Morgan fingerprint density at radius 2 is 0.783 bits per heavy atom. The fourth-order valence-electron chi connectivity index (χ4n) is 8.85. The Hall–Kier alpha value is -5.14. The van der Waals surface area contributed by atoms with Crippen LogP contribution in [0.25, 0.3) is 0 Å². The minimum atomic E-state index is -1.93. The van der Waals surface area contributed by atoms with E-state index in [9.17, 15) is 34.5 Å². The number of esters is 3. The van der Waals surface area contributed by atoms with Crippen molar-refractivity contribution < 1.29 is 58.2 Å². The van der Waals surface area contributed by atoms with Crippen molar-refractivity contribution in [1.29, 1.82) is 0 Å². The molecule has 0 saturated carbocycles. The van der Waals surface area contributed by atoms with E-state index in [4.69, 9.17) is 23.7 Å². The summed E-state index contributed by atoms with van der Waals surface area (Å²) in [6, 6.07) is 0. The number of hydrogen-bond donors (Lipinski definition) is 3. The maximum atomic E-state index is 13.2. The van der Waals surface area contributed by atoms with Gasteiger partial charge in [0.25, 0.3) is 0 Å². The number of allylic oxidation sites excluding steroid dienone is 22. The zero-order valence-corrected chi connectivity index (χ0v) is 51.6. The quantitative estimate of drug-likeness (QED) is 0.0228. The van der Waals surface area contributed by atoms with Gasteiger partial charge in [-0.2, -0.15) is 0 Å². The van der Waals surface area contributed by atoms with Gasteiger partial charge in [0.1, 0.15) is 18.8 Å². The third-order valence-corrected chi connectivity index (χ3v) is 13.7. The molecular formula is C71H112O12. The van der Waals surface area contributed by atoms with Crippen LogP contribution in [-0.2, 0) is 42.9 Å². The summed E-state index contributed by atoms with van der Waals surface area (Å²) in [4.78, 5) is 51.3. The molecule has 1 aliphatic rings. The second-order valence-corrected chi connectivity index (χ2v) is 21.3. The molecule has 0 radical (unpaired) electrons. The van der Waals surface area contributed by atoms with Gasteiger partial charge >= 0.3 is 23.9 Å². The molecule has 12 nitrogen and oxygen atoms in total. The van der Waals surface area contributed by atoms with E-state index in [1.807, 2.05) is 12.2 Å². The molecule has 6 unspecified atom stereocenters. The van der Waals surface area contributed by atoms with E-state index in [-0.39, 0.29) is 25.9 Å². The molecule has 1 fully saturated rings. The Morgan fingerprint density at radius 1 is 0.410 bits per heavy atom. The summed E-state index contributed by atoms with van der Waals surface area (Å²) in [6.07, 6.45) is 68.6. The van der Waals surface area contributed by atoms with Crippen LogP contribution < -0.4 is 0 Å². The fourth-order valence-corrected chi connectivity index (χ4v) is 8.85. The van der Waals surface area contributed by atoms with Gasteiger partial charge in [0.15, 0.2) is 24.6 Å². The first-order valence-corrected chi connectivity index (χ1v) is 32.2. The highest BCUT2D eigenvalue weighted by Gasteiger charge is 2.50. The maximum absolute atomic E-state index is 13.2. The molecule has 0 bridgehead atoms. The number of carbonyl (C=O) groups excluding carboxylic acids is 3. The first kappa shape index (κ1) is 75.9. The second kappa shape index (κ2) is 57.3. The molecule has 0 aliphatic carbocycles. The van der Waals surface area contributed by atoms with Crippen LogP contribution in [0.15, 0.2) is 134 Å². The monoisotopic (exact) mass is 1160 g/mol. The molecule has 1 saturated heterocycles. The summed E-state index contributed by atoms with van der Waals surface area (Å²) < 4.78 is 28.4. The van der Waals surface area contributed by atoms with E-state index >= 15 is 0 Å². The van der Waals surface area contributed by atoms with Gasteiger partial charge in [-0.3, -0.25) is 14.4 Å². The van der Waals surface area contributed by atoms with Gasteiger partial charge in [-0.05, 0) is 122 Å². The number of carboxylic acids is 1. The van der Waals surface area contributed by atoms with Crippen molar-refractivity contribution in [2.45, 2.75) is 276 Å². The lowest BCUT2D eigenvalue weighted by Crippen LogP contribution is -2.61. The zero-order valence-electron chi connectivity index (χ0n) is 51.6. The van der Waals surface area contributed by atoms with Gasteiger partial charge in [0.05, 0.1) is 6.61 Å². The smallest absolute Gasteiger partial charge is 0.335 e. The van der Waals surface area contributed by atoms with Crippen molar-refractivity contribution in [3.05, 3.63) is 134 Å². The normalized spacial score (nSPS) is 18.5. The van der Waals surface area contributed by atoms with Crippen LogP contribution in [0.2, 0.25) is 0 Å². The van der Waals surface area contributed by atoms with Crippen LogP contribution in [0.5, 0.6) is 0 Å². The molecule has 468 valence electrons. The number of hydrogen-bond acceptors (Lipinski definition) is 11. The van der Waals surface area contributed by atoms with Gasteiger partial charge in [0.2, 0.25) is 0 Å². The summed E-state index contributed by atoms with van der Waals surface area (Å²) in [7, 11) is 0. The van der Waals surface area contributed by atoms with Gasteiger partial charge in [0, 0.05) is 19.3 Å². The zero-order chi connectivity index (χ0) is 60.3. The van der Waals surface area contributed by atoms with Gasteiger partial charge in [-0.25, -0.2) is 4.79 Å². The van der Waals surface area contributed by atoms with Crippen LogP contribution in [0, 0.1) is 0 Å². The number of unbranched alkanes of at least 4 members (excludes halogenated alkanes) is 17. The van der Waals surface area contributed by atoms with Crippen LogP contribution in [0.1, 0.15) is 239 Å². The van der Waals surface area contributed by atoms with Crippen molar-refractivity contribution in [2.24, 2.45) is 0 Å². The van der Waals surface area contributed by atoms with E-state index in [1.165, 1.54) is 70.6 Å². The Morgan fingerprint density at radius 3 is 1.24 bits per heavy atom. The summed E-state index contributed by atoms with van der Waals surface area (Å²) >= 11 is 0. The molecule has 3 N–H and O–H groups in total. The van der Waals surface area contributed by atoms with Gasteiger partial charge in [-0.15, -0.1) is 0 Å². The Labute approximate surface area is 502 Å². The minimum absolute atomic E-state index is 0.0395. The van der Waals surface area contributed by atoms with Crippen LogP contribution in [-0.4, -0.2) is 89.2 Å². The summed E-state index contributed by atoms with van der Waals surface area (Å²) in [5, 5.41) is 31.6. The fraction of sp³-hybridized carbons (Fsp3) is 0.634. The average Bonchev–Trinajstić information content (AvgIpc) is 3.57. The van der Waals surface area contributed by atoms with Crippen molar-refractivity contribution >= 4 is 23.9 Å². The molecule has 0 amide bonds. The number of carboxylic acid groups (broad SMARTS) is 1. The molecule has 1 aliphatic heterocycles. The molecule has 0 aromatic carbocycles. The van der Waals surface area contributed by atoms with E-state index in [0.29, 0.717) is 25.7 Å². The maximum Gasteiger partial charge on any atom is 0.335 e. The molecule has 1 heterocycles. The number of aliphatic hydroxyl groups is 2. The third-order valence-electron chi connectivity index (χ3n) is 13.7. The predicted octanol–water partition coefficient (Wildman–Crippen LogP) is 17.3. The largest absolute Gasteiger partial charge is 0.479 e. The van der Waals surface area contributed by atoms with Crippen molar-refractivity contribution in [3.63, 3.8) is 0 Å². The van der Waals surface area contributed by atoms with E-state index in [1.54, 1.807) is 0 Å². The molecule has 0 aromatic heterocycles. The molecule has 0 spiro atoms. The summed E-state index contributed by atoms with van der Waals surface area (Å²) in [6.45, 7) is 5.67. The summed E-state index contributed by atoms with van der Waals surface area (Å²) in [5.41, 5.74) is 0. The predicted molar refractivity (Wildman–Crippen MR) is 340 cm³/mol. The van der Waals surface area contributed by atoms with Crippen molar-refractivity contribution in [3.8, 4) is 0 Å². The van der Waals surface area contributed by atoms with Crippen LogP contribution in [0.3, 0.4) is 0 Å². The Bertz CT molecular complexity index is 1950. The average molecular weight is 1160 g/mol. The summed E-state index contributed by atoms with van der Waals surface area (Å²) in [5.74, 6) is -3.31. The topological polar surface area (TPSA) is 175 Å². The van der Waals surface area contributed by atoms with E-state index in [0.717, 1.165) is 103 Å². The van der Waals surface area contributed by atoms with Gasteiger partial charge in [-0.1, -0.05) is 231 Å². The first-order chi connectivity index (χ1) is 40.6. The Kier molecular flexibility index (Phi) is 52.4. The highest BCUT2D eigenvalue weighted by Crippen LogP contribution is 2.26. The third kappa shape index (κ3) is 46.9. The van der Waals surface area contributed by atoms with Crippen molar-refractivity contribution in [2.75, 3.05) is 13.2 Å². The SMILES string of the molecule is CC/C=C\C/C=C\C/C=C\C/C=C\C/C=C\C/C=C\CCC(=O)OCC(COC1OC(C(=O)O)C(O)C(O)C1OC(=O)CCCCCCCCCCC/C=C\CCCCCCCC)OC(=O)CCCC/C=C\C/C=C\C/C=C\C/C=C\CC. The number of carbonyl (C=O) groups is 4. The molecule has 0 aromatic rings. The van der Waals surface area contributed by atoms with Gasteiger partial charge < -0.3 is 39.0 Å². The van der Waals surface area contributed by atoms with Crippen LogP contribution in [0.4, 0.5) is 0 Å². The molecule has 12 heteroatoms. The molecule has 6 atom stereocenters. The van der Waals surface area contributed by atoms with E-state index in [2.05, 4.69) is 142 Å². The second-order valence-electron chi connectivity index (χ2n) is 21.3. The lowest BCUT2D eigenvalue weighted by Gasteiger charge is -2.40. The number of ether oxygens (including phenoxy) is 5. The highest BCUT2D eigenvalue weighted by atomic mass is 16.7. The van der Waals surface area contributed by atoms with Crippen LogP contribution >= 0.6 is 0 Å². The lowest BCUT2D eigenvalue weighted by atomic mass is 9.98. The first-order valence-electron chi connectivity index (χ1n) is 32.2. The molecular weight excluding hydrogens is 1040 g/mol. The minimum Gasteiger partial charge on any atom is -0.479 e. The lowest BCUT2D eigenvalue weighted by molar-refractivity contribution is -0.301. The number of rotatable bonds is 53. The van der Waals surface area contributed by atoms with Crippen molar-refractivity contribution in [1.82, 2.24) is 0 Å². The van der Waals surface area contributed by atoms with E-state index < -0.39 is 67.3 Å². The Balaban J connectivity index is 2.73.